The predicted molar refractivity (Wildman–Crippen MR) is 186 cm³/mol. The lowest BCUT2D eigenvalue weighted by atomic mass is 9.96. The van der Waals surface area contributed by atoms with Crippen molar-refractivity contribution in [3.8, 4) is 22.9 Å². The van der Waals surface area contributed by atoms with Gasteiger partial charge >= 0.3 is 5.69 Å². The molecule has 0 aliphatic carbocycles. The highest BCUT2D eigenvalue weighted by molar-refractivity contribution is 9.10. The van der Waals surface area contributed by atoms with Gasteiger partial charge in [-0.1, -0.05) is 41.9 Å². The van der Waals surface area contributed by atoms with Crippen LogP contribution in [0.15, 0.2) is 87.2 Å². The number of anilines is 1. The molecule has 1 aromatic heterocycles. The number of rotatable bonds is 11. The average molecular weight is 717 g/mol. The molecule has 0 saturated heterocycles. The first kappa shape index (κ1) is 33.9. The van der Waals surface area contributed by atoms with E-state index in [9.17, 15) is 24.1 Å². The number of para-hydroxylation sites is 1. The van der Waals surface area contributed by atoms with Crippen LogP contribution in [-0.2, 0) is 4.79 Å². The second kappa shape index (κ2) is 14.6. The number of nitrogens with zero attached hydrogens (tertiary/aromatic N) is 4. The van der Waals surface area contributed by atoms with E-state index in [0.29, 0.717) is 33.2 Å². The smallest absolute Gasteiger partial charge is 0.312 e. The molecule has 1 amide bonds. The molecule has 5 aromatic rings. The molecule has 0 atom stereocenters. The van der Waals surface area contributed by atoms with E-state index >= 15 is 0 Å². The molecule has 0 fully saturated rings. The number of ether oxygens (including phenoxy) is 2. The monoisotopic (exact) mass is 715 g/mol. The van der Waals surface area contributed by atoms with Gasteiger partial charge in [0.05, 0.1) is 28.6 Å². The van der Waals surface area contributed by atoms with Crippen LogP contribution in [0.25, 0.3) is 22.3 Å². The number of nitro groups is 1. The average Bonchev–Trinajstić information content (AvgIpc) is 3.04. The van der Waals surface area contributed by atoms with Gasteiger partial charge < -0.3 is 14.8 Å². The third-order valence-electron chi connectivity index (χ3n) is 7.32. The van der Waals surface area contributed by atoms with E-state index in [2.05, 4.69) is 26.3 Å². The Balaban J connectivity index is 1.61. The number of fused-ring (bicyclic) bond motifs is 1. The van der Waals surface area contributed by atoms with E-state index in [-0.39, 0.29) is 23.1 Å². The van der Waals surface area contributed by atoms with Gasteiger partial charge in [0.1, 0.15) is 11.6 Å². The molecule has 1 N–H and O–H groups in total. The van der Waals surface area contributed by atoms with Crippen LogP contribution in [0.2, 0.25) is 0 Å². The van der Waals surface area contributed by atoms with Gasteiger partial charge in [-0.2, -0.15) is 9.78 Å². The van der Waals surface area contributed by atoms with E-state index in [1.165, 1.54) is 42.6 Å². The van der Waals surface area contributed by atoms with E-state index in [4.69, 9.17) is 14.5 Å². The van der Waals surface area contributed by atoms with E-state index in [0.717, 1.165) is 21.6 Å². The summed E-state index contributed by atoms with van der Waals surface area (Å²) in [6, 6.07) is 18.6. The Kier molecular flexibility index (Phi) is 10.3. The fourth-order valence-corrected chi connectivity index (χ4v) is 5.52. The Bertz CT molecular complexity index is 2110. The summed E-state index contributed by atoms with van der Waals surface area (Å²) in [5, 5.41) is 19.4. The Labute approximate surface area is 283 Å². The molecule has 5 rings (SSSR count). The lowest BCUT2D eigenvalue weighted by Gasteiger charge is -2.18. The number of aryl methyl sites for hydroxylation is 1. The fraction of sp³-hybridized carbons (Fsp3) is 0.200. The van der Waals surface area contributed by atoms with Gasteiger partial charge in [0, 0.05) is 27.4 Å². The maximum atomic E-state index is 13.9. The Morgan fingerprint density at radius 1 is 1.12 bits per heavy atom. The lowest BCUT2D eigenvalue weighted by Crippen LogP contribution is -2.21. The molecule has 0 bridgehead atoms. The number of hydrogen-bond acceptors (Lipinski definition) is 8. The molecule has 0 saturated carbocycles. The SMILES string of the molecule is CCOc1cc(C)c(-c2nc3ccccc3c(=O)n2N=Cc2cc(Br)cc([N+](=O)[O-])c2OCC(=O)Nc2ccc(F)cc2)cc1C(C)C. The van der Waals surface area contributed by atoms with Gasteiger partial charge in [0.2, 0.25) is 5.75 Å². The zero-order valence-electron chi connectivity index (χ0n) is 26.5. The van der Waals surface area contributed by atoms with Crippen LogP contribution in [-0.4, -0.2) is 39.9 Å². The number of aromatic nitrogens is 2. The molecular weight excluding hydrogens is 685 g/mol. The zero-order valence-corrected chi connectivity index (χ0v) is 28.1. The largest absolute Gasteiger partial charge is 0.494 e. The summed E-state index contributed by atoms with van der Waals surface area (Å²) in [4.78, 5) is 42.8. The second-order valence-corrected chi connectivity index (χ2v) is 12.0. The third kappa shape index (κ3) is 7.41. The van der Waals surface area contributed by atoms with Crippen molar-refractivity contribution in [1.29, 1.82) is 0 Å². The van der Waals surface area contributed by atoms with Gasteiger partial charge in [-0.3, -0.25) is 19.7 Å². The van der Waals surface area contributed by atoms with Crippen LogP contribution < -0.4 is 20.3 Å². The van der Waals surface area contributed by atoms with E-state index in [1.54, 1.807) is 24.3 Å². The normalized spacial score (nSPS) is 11.3. The highest BCUT2D eigenvalue weighted by Gasteiger charge is 2.23. The lowest BCUT2D eigenvalue weighted by molar-refractivity contribution is -0.385. The van der Waals surface area contributed by atoms with Gasteiger partial charge in [0.25, 0.3) is 11.5 Å². The van der Waals surface area contributed by atoms with Crippen molar-refractivity contribution in [2.45, 2.75) is 33.6 Å². The van der Waals surface area contributed by atoms with Gasteiger partial charge in [-0.15, -0.1) is 0 Å². The highest BCUT2D eigenvalue weighted by Crippen LogP contribution is 2.36. The Hall–Kier alpha value is -5.43. The summed E-state index contributed by atoms with van der Waals surface area (Å²) in [6.45, 7) is 7.76. The fourth-order valence-electron chi connectivity index (χ4n) is 5.05. The first-order valence-corrected chi connectivity index (χ1v) is 15.8. The van der Waals surface area contributed by atoms with Crippen LogP contribution in [0.5, 0.6) is 11.5 Å². The minimum absolute atomic E-state index is 0.0946. The van der Waals surface area contributed by atoms with Crippen molar-refractivity contribution in [2.24, 2.45) is 5.10 Å². The number of carbonyl (C=O) groups is 1. The van der Waals surface area contributed by atoms with Crippen LogP contribution in [0.4, 0.5) is 15.8 Å². The minimum Gasteiger partial charge on any atom is -0.494 e. The van der Waals surface area contributed by atoms with Crippen molar-refractivity contribution >= 4 is 50.3 Å². The minimum atomic E-state index is -0.652. The topological polar surface area (TPSA) is 138 Å². The van der Waals surface area contributed by atoms with Crippen LogP contribution in [0, 0.1) is 22.9 Å². The number of nitro benzene ring substituents is 1. The molecule has 0 spiro atoms. The summed E-state index contributed by atoms with van der Waals surface area (Å²) in [6.07, 6.45) is 1.25. The summed E-state index contributed by atoms with van der Waals surface area (Å²) in [5.74, 6) is -0.269. The summed E-state index contributed by atoms with van der Waals surface area (Å²) < 4.78 is 26.3. The van der Waals surface area contributed by atoms with Crippen LogP contribution in [0.1, 0.15) is 43.4 Å². The molecule has 0 aliphatic heterocycles. The quantitative estimate of drug-likeness (QED) is 0.0844. The molecule has 1 heterocycles. The van der Waals surface area contributed by atoms with Crippen LogP contribution >= 0.6 is 15.9 Å². The van der Waals surface area contributed by atoms with E-state index < -0.39 is 34.5 Å². The Morgan fingerprint density at radius 2 is 1.85 bits per heavy atom. The molecule has 0 aliphatic rings. The summed E-state index contributed by atoms with van der Waals surface area (Å²) in [5.41, 5.74) is 2.37. The van der Waals surface area contributed by atoms with Crippen molar-refractivity contribution < 1.29 is 23.6 Å². The number of carbonyl (C=O) groups excluding carboxylic acids is 1. The van der Waals surface area contributed by atoms with Crippen molar-refractivity contribution in [3.05, 3.63) is 120 Å². The number of halogens is 2. The number of hydrogen-bond donors (Lipinski definition) is 1. The van der Waals surface area contributed by atoms with Crippen LogP contribution in [0.3, 0.4) is 0 Å². The number of nitrogens with one attached hydrogen (secondary N) is 1. The van der Waals surface area contributed by atoms with Gasteiger partial charge in [-0.05, 0) is 85.5 Å². The summed E-state index contributed by atoms with van der Waals surface area (Å²) in [7, 11) is 0. The molecule has 0 radical (unpaired) electrons. The zero-order chi connectivity index (χ0) is 34.5. The van der Waals surface area contributed by atoms with E-state index in [1.807, 2.05) is 39.8 Å². The maximum absolute atomic E-state index is 13.9. The number of amides is 1. The Morgan fingerprint density at radius 3 is 2.54 bits per heavy atom. The molecule has 11 nitrogen and oxygen atoms in total. The molecule has 246 valence electrons. The van der Waals surface area contributed by atoms with Crippen molar-refractivity contribution in [1.82, 2.24) is 9.66 Å². The maximum Gasteiger partial charge on any atom is 0.312 e. The highest BCUT2D eigenvalue weighted by atomic mass is 79.9. The molecule has 13 heteroatoms. The first-order valence-electron chi connectivity index (χ1n) is 15.0. The van der Waals surface area contributed by atoms with Gasteiger partial charge in [0.15, 0.2) is 12.4 Å². The first-order chi connectivity index (χ1) is 23.0. The predicted octanol–water partition coefficient (Wildman–Crippen LogP) is 7.60. The molecule has 0 unspecified atom stereocenters. The summed E-state index contributed by atoms with van der Waals surface area (Å²) >= 11 is 3.30. The molecule has 48 heavy (non-hydrogen) atoms. The second-order valence-electron chi connectivity index (χ2n) is 11.1. The third-order valence-corrected chi connectivity index (χ3v) is 7.78. The van der Waals surface area contributed by atoms with Gasteiger partial charge in [-0.25, -0.2) is 9.37 Å². The molecular formula is C35H31BrFN5O6. The van der Waals surface area contributed by atoms with Crippen molar-refractivity contribution in [2.75, 3.05) is 18.5 Å². The number of benzene rings is 4. The van der Waals surface area contributed by atoms with Crippen molar-refractivity contribution in [3.63, 3.8) is 0 Å². The standard InChI is InChI=1S/C35H31BrFN5O6/c1-5-47-31-14-21(4)28(17-27(31)20(2)3)34-40-29-9-7-6-8-26(29)35(44)41(34)38-18-22-15-23(36)16-30(42(45)46)33(22)48-19-32(43)39-25-12-10-24(37)11-13-25/h6-18,20H,5,19H2,1-4H3,(H,39,43). The molecule has 4 aromatic carbocycles.